The second-order valence-electron chi connectivity index (χ2n) is 9.78. The van der Waals surface area contributed by atoms with E-state index in [1.165, 1.54) is 52.7 Å². The fourth-order valence-electron chi connectivity index (χ4n) is 4.26. The van der Waals surface area contributed by atoms with Crippen molar-refractivity contribution in [2.24, 2.45) is 5.92 Å². The van der Waals surface area contributed by atoms with Crippen LogP contribution in [0.15, 0.2) is 36.4 Å². The third-order valence-electron chi connectivity index (χ3n) is 5.77. The van der Waals surface area contributed by atoms with E-state index < -0.39 is 0 Å². The van der Waals surface area contributed by atoms with Gasteiger partial charge in [0.1, 0.15) is 5.82 Å². The molecule has 0 aliphatic rings. The highest BCUT2D eigenvalue weighted by atomic mass is 15.0. The van der Waals surface area contributed by atoms with Crippen molar-refractivity contribution in [2.75, 3.05) is 19.8 Å². The minimum atomic E-state index is 0.634. The van der Waals surface area contributed by atoms with Crippen molar-refractivity contribution in [3.8, 4) is 0 Å². The Kier molecular flexibility index (Phi) is 9.77. The maximum absolute atomic E-state index is 6.25. The SMILES string of the molecule is C=C(Cc1cc(CN(C)C)ccc1Cc1cc(CCCCC)c(N)nc1C)CC(C)C. The van der Waals surface area contributed by atoms with E-state index in [9.17, 15) is 0 Å². The van der Waals surface area contributed by atoms with Crippen LogP contribution in [0.5, 0.6) is 0 Å². The van der Waals surface area contributed by atoms with E-state index in [0.29, 0.717) is 11.7 Å². The molecule has 0 radical (unpaired) electrons. The molecule has 170 valence electrons. The van der Waals surface area contributed by atoms with Gasteiger partial charge in [-0.2, -0.15) is 0 Å². The Hall–Kier alpha value is -2.13. The number of benzene rings is 1. The number of nitrogen functional groups attached to an aromatic ring is 1. The van der Waals surface area contributed by atoms with Gasteiger partial charge in [0.25, 0.3) is 0 Å². The van der Waals surface area contributed by atoms with Gasteiger partial charge in [0.2, 0.25) is 0 Å². The average Bonchev–Trinajstić information content (AvgIpc) is 2.66. The molecule has 0 unspecified atom stereocenters. The van der Waals surface area contributed by atoms with Gasteiger partial charge >= 0.3 is 0 Å². The molecule has 0 spiro atoms. The fourth-order valence-corrected chi connectivity index (χ4v) is 4.26. The van der Waals surface area contributed by atoms with Crippen molar-refractivity contribution >= 4 is 5.82 Å². The summed E-state index contributed by atoms with van der Waals surface area (Å²) in [7, 11) is 4.24. The number of pyridine rings is 1. The van der Waals surface area contributed by atoms with Gasteiger partial charge in [-0.15, -0.1) is 0 Å². The highest BCUT2D eigenvalue weighted by Crippen LogP contribution is 2.25. The molecule has 0 bridgehead atoms. The second kappa shape index (κ2) is 12.0. The first-order valence-corrected chi connectivity index (χ1v) is 11.9. The molecule has 0 saturated heterocycles. The molecule has 2 aromatic rings. The largest absolute Gasteiger partial charge is 0.383 e. The Bertz CT molecular complexity index is 865. The second-order valence-corrected chi connectivity index (χ2v) is 9.78. The van der Waals surface area contributed by atoms with Crippen LogP contribution in [0.4, 0.5) is 5.82 Å². The van der Waals surface area contributed by atoms with Crippen LogP contribution in [-0.4, -0.2) is 24.0 Å². The molecule has 1 aromatic heterocycles. The average molecular weight is 422 g/mol. The Labute approximate surface area is 190 Å². The van der Waals surface area contributed by atoms with Crippen molar-refractivity contribution in [1.82, 2.24) is 9.88 Å². The van der Waals surface area contributed by atoms with Crippen molar-refractivity contribution in [3.63, 3.8) is 0 Å². The number of rotatable bonds is 12. The van der Waals surface area contributed by atoms with Gasteiger partial charge in [0, 0.05) is 12.2 Å². The molecule has 0 atom stereocenters. The van der Waals surface area contributed by atoms with Crippen LogP contribution in [0.3, 0.4) is 0 Å². The van der Waals surface area contributed by atoms with Gasteiger partial charge in [-0.1, -0.05) is 70.0 Å². The van der Waals surface area contributed by atoms with Crippen molar-refractivity contribution < 1.29 is 0 Å². The Morgan fingerprint density at radius 1 is 1.06 bits per heavy atom. The molecule has 2 N–H and O–H groups in total. The minimum Gasteiger partial charge on any atom is -0.383 e. The third kappa shape index (κ3) is 8.14. The van der Waals surface area contributed by atoms with E-state index in [0.717, 1.165) is 37.9 Å². The van der Waals surface area contributed by atoms with Crippen LogP contribution in [0.2, 0.25) is 0 Å². The maximum Gasteiger partial charge on any atom is 0.126 e. The lowest BCUT2D eigenvalue weighted by Gasteiger charge is -2.18. The molecular formula is C28H43N3. The predicted octanol–water partition coefficient (Wildman–Crippen LogP) is 6.50. The minimum absolute atomic E-state index is 0.634. The number of aromatic nitrogens is 1. The van der Waals surface area contributed by atoms with Crippen LogP contribution in [0.25, 0.3) is 0 Å². The third-order valence-corrected chi connectivity index (χ3v) is 5.77. The highest BCUT2D eigenvalue weighted by molar-refractivity contribution is 5.46. The van der Waals surface area contributed by atoms with Crippen LogP contribution in [0.1, 0.15) is 80.0 Å². The number of hydrogen-bond acceptors (Lipinski definition) is 3. The molecule has 0 saturated carbocycles. The number of nitrogens with two attached hydrogens (primary N) is 1. The van der Waals surface area contributed by atoms with Crippen LogP contribution in [0, 0.1) is 12.8 Å². The summed E-state index contributed by atoms with van der Waals surface area (Å²) < 4.78 is 0. The first-order valence-electron chi connectivity index (χ1n) is 11.9. The summed E-state index contributed by atoms with van der Waals surface area (Å²) in [4.78, 5) is 6.91. The summed E-state index contributed by atoms with van der Waals surface area (Å²) >= 11 is 0. The smallest absolute Gasteiger partial charge is 0.126 e. The zero-order valence-electron chi connectivity index (χ0n) is 20.7. The summed E-state index contributed by atoms with van der Waals surface area (Å²) in [6.07, 6.45) is 7.55. The van der Waals surface area contributed by atoms with Crippen LogP contribution in [-0.2, 0) is 25.8 Å². The molecule has 31 heavy (non-hydrogen) atoms. The van der Waals surface area contributed by atoms with E-state index in [1.807, 2.05) is 0 Å². The van der Waals surface area contributed by atoms with Gasteiger partial charge in [-0.3, -0.25) is 0 Å². The Balaban J connectivity index is 2.33. The molecule has 0 fully saturated rings. The van der Waals surface area contributed by atoms with Gasteiger partial charge in [-0.05, 0) is 86.9 Å². The lowest BCUT2D eigenvalue weighted by atomic mass is 9.90. The van der Waals surface area contributed by atoms with Gasteiger partial charge < -0.3 is 10.6 Å². The monoisotopic (exact) mass is 421 g/mol. The quantitative estimate of drug-likeness (QED) is 0.314. The molecular weight excluding hydrogens is 378 g/mol. The Morgan fingerprint density at radius 3 is 2.45 bits per heavy atom. The summed E-state index contributed by atoms with van der Waals surface area (Å²) in [5, 5.41) is 0. The molecule has 0 aliphatic carbocycles. The Morgan fingerprint density at radius 2 is 1.81 bits per heavy atom. The summed E-state index contributed by atoms with van der Waals surface area (Å²) in [5.74, 6) is 1.33. The van der Waals surface area contributed by atoms with Gasteiger partial charge in [-0.25, -0.2) is 4.98 Å². The molecule has 1 heterocycles. The standard InChI is InChI=1S/C28H43N3/c1-8-9-10-11-25-18-26(22(5)30-28(25)29)17-24-13-12-23(19-31(6)7)16-27(24)15-21(4)14-20(2)3/h12-13,16,18,20H,4,8-11,14-15,17,19H2,1-3,5-7H3,(H2,29,30). The van der Waals surface area contributed by atoms with Gasteiger partial charge in [0.15, 0.2) is 0 Å². The molecule has 3 nitrogen and oxygen atoms in total. The topological polar surface area (TPSA) is 42.1 Å². The van der Waals surface area contributed by atoms with Crippen molar-refractivity contribution in [2.45, 2.75) is 79.2 Å². The highest BCUT2D eigenvalue weighted by Gasteiger charge is 2.12. The van der Waals surface area contributed by atoms with E-state index in [1.54, 1.807) is 0 Å². The first-order chi connectivity index (χ1) is 14.7. The van der Waals surface area contributed by atoms with E-state index >= 15 is 0 Å². The molecule has 3 heteroatoms. The number of hydrogen-bond donors (Lipinski definition) is 1. The number of nitrogens with zero attached hydrogens (tertiary/aromatic N) is 2. The van der Waals surface area contributed by atoms with E-state index in [-0.39, 0.29) is 0 Å². The zero-order chi connectivity index (χ0) is 23.0. The lowest BCUT2D eigenvalue weighted by molar-refractivity contribution is 0.402. The van der Waals surface area contributed by atoms with Crippen molar-refractivity contribution in [3.05, 3.63) is 69.9 Å². The summed E-state index contributed by atoms with van der Waals surface area (Å²) in [6.45, 7) is 14.2. The first kappa shape index (κ1) is 25.1. The lowest BCUT2D eigenvalue weighted by Crippen LogP contribution is -2.11. The molecule has 1 aromatic carbocycles. The fraction of sp³-hybridized carbons (Fsp3) is 0.536. The van der Waals surface area contributed by atoms with E-state index in [2.05, 4.69) is 82.5 Å². The molecule has 0 amide bonds. The molecule has 0 aliphatic heterocycles. The molecule has 2 rings (SSSR count). The predicted molar refractivity (Wildman–Crippen MR) is 136 cm³/mol. The van der Waals surface area contributed by atoms with Crippen LogP contribution >= 0.6 is 0 Å². The number of aryl methyl sites for hydroxylation is 2. The van der Waals surface area contributed by atoms with E-state index in [4.69, 9.17) is 5.73 Å². The number of unbranched alkanes of at least 4 members (excludes halogenated alkanes) is 2. The van der Waals surface area contributed by atoms with Crippen LogP contribution < -0.4 is 5.73 Å². The number of allylic oxidation sites excluding steroid dienone is 1. The van der Waals surface area contributed by atoms with Crippen molar-refractivity contribution in [1.29, 1.82) is 0 Å². The summed E-state index contributed by atoms with van der Waals surface area (Å²) in [6, 6.07) is 9.26. The maximum atomic E-state index is 6.25. The zero-order valence-corrected chi connectivity index (χ0v) is 20.7. The summed E-state index contributed by atoms with van der Waals surface area (Å²) in [5.41, 5.74) is 15.2. The normalized spacial score (nSPS) is 11.5. The number of anilines is 1. The van der Waals surface area contributed by atoms with Gasteiger partial charge in [0.05, 0.1) is 0 Å².